The van der Waals surface area contributed by atoms with Gasteiger partial charge in [-0.1, -0.05) is 18.2 Å². The van der Waals surface area contributed by atoms with Crippen LogP contribution in [0.4, 0.5) is 18.9 Å². The first-order valence-corrected chi connectivity index (χ1v) is 13.0. The van der Waals surface area contributed by atoms with Crippen LogP contribution < -0.4 is 4.31 Å². The van der Waals surface area contributed by atoms with Crippen molar-refractivity contribution in [2.45, 2.75) is 38.7 Å². The summed E-state index contributed by atoms with van der Waals surface area (Å²) in [5.74, 6) is -1.62. The van der Waals surface area contributed by atoms with Gasteiger partial charge in [-0.3, -0.25) is 4.31 Å². The molecule has 0 bridgehead atoms. The van der Waals surface area contributed by atoms with Crippen molar-refractivity contribution in [3.63, 3.8) is 0 Å². The number of alkyl halides is 2. The molecular formula is C24H27F3N4O3S. The van der Waals surface area contributed by atoms with Crippen LogP contribution in [-0.4, -0.2) is 49.4 Å². The van der Waals surface area contributed by atoms with E-state index in [2.05, 4.69) is 22.1 Å². The molecule has 35 heavy (non-hydrogen) atoms. The maximum absolute atomic E-state index is 15.0. The number of anilines is 1. The number of nitrogens with zero attached hydrogens (tertiary/aromatic N) is 4. The van der Waals surface area contributed by atoms with Crippen molar-refractivity contribution < 1.29 is 26.0 Å². The molecule has 4 rings (SSSR count). The number of piperidine rings is 1. The quantitative estimate of drug-likeness (QED) is 0.427. The Labute approximate surface area is 202 Å². The van der Waals surface area contributed by atoms with E-state index in [1.807, 2.05) is 18.2 Å². The summed E-state index contributed by atoms with van der Waals surface area (Å²) in [5, 5.41) is 6.77. The maximum Gasteiger partial charge on any atom is 0.314 e. The minimum absolute atomic E-state index is 0.125. The molecule has 1 aliphatic heterocycles. The second kappa shape index (κ2) is 10.4. The van der Waals surface area contributed by atoms with Crippen LogP contribution in [0.1, 0.15) is 49.1 Å². The molecule has 1 aromatic heterocycles. The van der Waals surface area contributed by atoms with Crippen LogP contribution in [0.25, 0.3) is 11.5 Å². The van der Waals surface area contributed by atoms with Crippen molar-refractivity contribution in [2.75, 3.05) is 30.2 Å². The smallest absolute Gasteiger partial charge is 0.314 e. The van der Waals surface area contributed by atoms with E-state index in [1.54, 1.807) is 13.0 Å². The van der Waals surface area contributed by atoms with E-state index in [0.717, 1.165) is 37.6 Å². The molecule has 2 aromatic carbocycles. The van der Waals surface area contributed by atoms with Crippen LogP contribution in [0.2, 0.25) is 0 Å². The van der Waals surface area contributed by atoms with Crippen LogP contribution >= 0.6 is 0 Å². The van der Waals surface area contributed by atoms with Gasteiger partial charge in [0.05, 0.1) is 18.0 Å². The minimum atomic E-state index is -3.72. The van der Waals surface area contributed by atoms with E-state index in [4.69, 9.17) is 4.42 Å². The summed E-state index contributed by atoms with van der Waals surface area (Å²) in [7, 11) is -1.64. The average molecular weight is 509 g/mol. The van der Waals surface area contributed by atoms with E-state index < -0.39 is 28.2 Å². The molecule has 0 N–H and O–H groups in total. The molecule has 2 heterocycles. The normalized spacial score (nSPS) is 15.6. The van der Waals surface area contributed by atoms with Crippen molar-refractivity contribution in [1.29, 1.82) is 0 Å². The van der Waals surface area contributed by atoms with Gasteiger partial charge in [0.25, 0.3) is 5.89 Å². The molecule has 3 aromatic rings. The van der Waals surface area contributed by atoms with Gasteiger partial charge in [-0.2, -0.15) is 8.78 Å². The maximum atomic E-state index is 15.0. The van der Waals surface area contributed by atoms with Crippen LogP contribution in [0, 0.1) is 5.82 Å². The lowest BCUT2D eigenvalue weighted by Crippen LogP contribution is -2.32. The van der Waals surface area contributed by atoms with Crippen LogP contribution in [0.3, 0.4) is 0 Å². The molecule has 0 amide bonds. The topological polar surface area (TPSA) is 79.5 Å². The zero-order chi connectivity index (χ0) is 25.2. The Morgan fingerprint density at radius 3 is 2.51 bits per heavy atom. The number of halogens is 3. The third-order valence-corrected chi connectivity index (χ3v) is 8.03. The molecule has 188 valence electrons. The first kappa shape index (κ1) is 25.2. The number of benzene rings is 2. The molecule has 1 fully saturated rings. The van der Waals surface area contributed by atoms with E-state index >= 15 is 4.39 Å². The number of sulfonamides is 1. The average Bonchev–Trinajstić information content (AvgIpc) is 3.34. The molecule has 7 nitrogen and oxygen atoms in total. The number of aromatic nitrogens is 2. The predicted octanol–water partition coefficient (Wildman–Crippen LogP) is 4.98. The molecule has 0 unspecified atom stereocenters. The Morgan fingerprint density at radius 1 is 1.14 bits per heavy atom. The van der Waals surface area contributed by atoms with Gasteiger partial charge < -0.3 is 9.32 Å². The summed E-state index contributed by atoms with van der Waals surface area (Å²) in [4.78, 5) is 2.27. The fourth-order valence-corrected chi connectivity index (χ4v) is 5.27. The SMILES string of the molecule is CCS(=O)(=O)N(Cc1ccc(-c2nnc(C(F)F)o2)cc1F)c1cccc(C2CCN(C)CC2)c1. The number of hydrogen-bond acceptors (Lipinski definition) is 6. The summed E-state index contributed by atoms with van der Waals surface area (Å²) in [6.45, 7) is 3.27. The highest BCUT2D eigenvalue weighted by molar-refractivity contribution is 7.92. The first-order chi connectivity index (χ1) is 16.7. The van der Waals surface area contributed by atoms with Gasteiger partial charge in [-0.15, -0.1) is 10.2 Å². The van der Waals surface area contributed by atoms with Crippen molar-refractivity contribution in [1.82, 2.24) is 15.1 Å². The van der Waals surface area contributed by atoms with Crippen LogP contribution in [0.5, 0.6) is 0 Å². The lowest BCUT2D eigenvalue weighted by Gasteiger charge is -2.30. The largest absolute Gasteiger partial charge is 0.415 e. The van der Waals surface area contributed by atoms with Crippen molar-refractivity contribution >= 4 is 15.7 Å². The molecule has 1 aliphatic rings. The monoisotopic (exact) mass is 508 g/mol. The highest BCUT2D eigenvalue weighted by atomic mass is 32.2. The van der Waals surface area contributed by atoms with Crippen molar-refractivity contribution in [3.8, 4) is 11.5 Å². The van der Waals surface area contributed by atoms with E-state index in [-0.39, 0.29) is 29.3 Å². The molecule has 1 saturated heterocycles. The molecule has 0 radical (unpaired) electrons. The standard InChI is InChI=1S/C24H27F3N4O3S/c1-3-35(32,33)31(20-6-4-5-17(13-20)16-9-11-30(2)12-10-16)15-19-8-7-18(14-21(19)25)23-28-29-24(34-23)22(26)27/h4-8,13-14,16,22H,3,9-12,15H2,1-2H3. The fraction of sp³-hybridized carbons (Fsp3) is 0.417. The van der Waals surface area contributed by atoms with E-state index in [0.29, 0.717) is 11.6 Å². The molecule has 11 heteroatoms. The van der Waals surface area contributed by atoms with Gasteiger partial charge in [0, 0.05) is 11.1 Å². The van der Waals surface area contributed by atoms with Gasteiger partial charge in [-0.25, -0.2) is 12.8 Å². The molecule has 0 aliphatic carbocycles. The fourth-order valence-electron chi connectivity index (χ4n) is 4.18. The number of likely N-dealkylation sites (tertiary alicyclic amines) is 1. The summed E-state index contributed by atoms with van der Waals surface area (Å²) >= 11 is 0. The van der Waals surface area contributed by atoms with Crippen LogP contribution in [0.15, 0.2) is 46.9 Å². The third-order valence-electron chi connectivity index (χ3n) is 6.29. The van der Waals surface area contributed by atoms with Gasteiger partial charge >= 0.3 is 6.43 Å². The van der Waals surface area contributed by atoms with E-state index in [9.17, 15) is 17.2 Å². The van der Waals surface area contributed by atoms with Crippen molar-refractivity contribution in [3.05, 3.63) is 65.3 Å². The minimum Gasteiger partial charge on any atom is -0.415 e. The summed E-state index contributed by atoms with van der Waals surface area (Å²) < 4.78 is 72.5. The van der Waals surface area contributed by atoms with Crippen LogP contribution in [-0.2, 0) is 16.6 Å². The summed E-state index contributed by atoms with van der Waals surface area (Å²) in [6.07, 6.45) is -0.961. The lowest BCUT2D eigenvalue weighted by molar-refractivity contribution is 0.116. The zero-order valence-electron chi connectivity index (χ0n) is 19.5. The Bertz CT molecular complexity index is 1270. The third kappa shape index (κ3) is 5.67. The number of rotatable bonds is 8. The lowest BCUT2D eigenvalue weighted by atomic mass is 9.89. The molecule has 0 atom stereocenters. The van der Waals surface area contributed by atoms with Gasteiger partial charge in [0.2, 0.25) is 15.9 Å². The first-order valence-electron chi connectivity index (χ1n) is 11.4. The predicted molar refractivity (Wildman–Crippen MR) is 126 cm³/mol. The second-order valence-corrected chi connectivity index (χ2v) is 10.8. The Hall–Kier alpha value is -2.92. The zero-order valence-corrected chi connectivity index (χ0v) is 20.3. The second-order valence-electron chi connectivity index (χ2n) is 8.63. The highest BCUT2D eigenvalue weighted by Gasteiger charge is 2.25. The Balaban J connectivity index is 1.62. The number of hydrogen-bond donors (Lipinski definition) is 0. The van der Waals surface area contributed by atoms with E-state index in [1.165, 1.54) is 16.4 Å². The molecule has 0 spiro atoms. The summed E-state index contributed by atoms with van der Waals surface area (Å²) in [5.41, 5.74) is 1.79. The van der Waals surface area contributed by atoms with Gasteiger partial charge in [-0.05, 0) is 75.6 Å². The molecule has 0 saturated carbocycles. The molecular weight excluding hydrogens is 481 g/mol. The van der Waals surface area contributed by atoms with Gasteiger partial charge in [0.15, 0.2) is 0 Å². The van der Waals surface area contributed by atoms with Gasteiger partial charge in [0.1, 0.15) is 5.82 Å². The Morgan fingerprint density at radius 2 is 1.89 bits per heavy atom. The Kier molecular flexibility index (Phi) is 7.46. The highest BCUT2D eigenvalue weighted by Crippen LogP contribution is 2.32. The summed E-state index contributed by atoms with van der Waals surface area (Å²) in [6, 6.07) is 11.3. The van der Waals surface area contributed by atoms with Crippen molar-refractivity contribution in [2.24, 2.45) is 0 Å².